The molecule has 25 heavy (non-hydrogen) atoms. The largest absolute Gasteiger partial charge is 0.205 e. The van der Waals surface area contributed by atoms with Crippen molar-refractivity contribution in [3.05, 3.63) is 30.1 Å². The molecule has 0 bridgehead atoms. The summed E-state index contributed by atoms with van der Waals surface area (Å²) in [6.45, 7) is 5.73. The highest BCUT2D eigenvalue weighted by atomic mass is 14.9. The van der Waals surface area contributed by atoms with Gasteiger partial charge in [0.1, 0.15) is 6.54 Å². The molecule has 144 valence electrons. The van der Waals surface area contributed by atoms with Gasteiger partial charge in [-0.25, -0.2) is 4.57 Å². The highest BCUT2D eigenvalue weighted by Gasteiger charge is 2.01. The van der Waals surface area contributed by atoms with Gasteiger partial charge in [0.2, 0.25) is 0 Å². The van der Waals surface area contributed by atoms with Crippen LogP contribution in [0.4, 0.5) is 0 Å². The molecule has 1 aromatic rings. The molecule has 1 rings (SSSR count). The van der Waals surface area contributed by atoms with E-state index in [2.05, 4.69) is 42.9 Å². The van der Waals surface area contributed by atoms with Crippen LogP contribution in [0.2, 0.25) is 0 Å². The topological polar surface area (TPSA) is 3.88 Å². The molecule has 0 fully saturated rings. The zero-order valence-corrected chi connectivity index (χ0v) is 17.3. The number of hydrogen-bond acceptors (Lipinski definition) is 0. The molecular formula is C24H44N+. The van der Waals surface area contributed by atoms with E-state index in [1.54, 1.807) is 0 Å². The third-order valence-electron chi connectivity index (χ3n) is 5.30. The second-order valence-electron chi connectivity index (χ2n) is 7.79. The summed E-state index contributed by atoms with van der Waals surface area (Å²) in [5, 5.41) is 0. The Bertz CT molecular complexity index is 382. The van der Waals surface area contributed by atoms with Gasteiger partial charge in [-0.3, -0.25) is 0 Å². The molecule has 0 atom stereocenters. The Balaban J connectivity index is 1.91. The van der Waals surface area contributed by atoms with Crippen molar-refractivity contribution in [3.63, 3.8) is 0 Å². The van der Waals surface area contributed by atoms with Crippen LogP contribution >= 0.6 is 0 Å². The van der Waals surface area contributed by atoms with Gasteiger partial charge in [-0.1, -0.05) is 90.9 Å². The SMILES string of the molecule is CCCCCCCCCCCCCCc1cc[n+](CCCCC)cc1. The molecule has 0 aliphatic heterocycles. The monoisotopic (exact) mass is 346 g/mol. The predicted octanol–water partition coefficient (Wildman–Crippen LogP) is 7.41. The Labute approximate surface area is 158 Å². The lowest BCUT2D eigenvalue weighted by atomic mass is 10.0. The number of rotatable bonds is 17. The third kappa shape index (κ3) is 13.1. The van der Waals surface area contributed by atoms with E-state index in [0.29, 0.717) is 0 Å². The molecule has 0 spiro atoms. The molecule has 0 aliphatic carbocycles. The van der Waals surface area contributed by atoms with Gasteiger partial charge in [0, 0.05) is 18.6 Å². The molecule has 1 heteroatoms. The number of aromatic nitrogens is 1. The van der Waals surface area contributed by atoms with Gasteiger partial charge in [0.25, 0.3) is 0 Å². The minimum absolute atomic E-state index is 1.17. The standard InChI is InChI=1S/C24H44N/c1-3-5-7-8-9-10-11-12-13-14-15-16-18-24-19-22-25(23-20-24)21-17-6-4-2/h19-20,22-23H,3-18,21H2,1-2H3/q+1. The lowest BCUT2D eigenvalue weighted by molar-refractivity contribution is -0.697. The molecule has 0 unspecified atom stereocenters. The van der Waals surface area contributed by atoms with Crippen molar-refractivity contribution < 1.29 is 4.57 Å². The van der Waals surface area contributed by atoms with Crippen LogP contribution in [-0.4, -0.2) is 0 Å². The molecule has 1 aromatic heterocycles. The number of pyridine rings is 1. The summed E-state index contributed by atoms with van der Waals surface area (Å²) in [6.07, 6.45) is 26.9. The van der Waals surface area contributed by atoms with Crippen LogP contribution in [0.15, 0.2) is 24.5 Å². The highest BCUT2D eigenvalue weighted by molar-refractivity contribution is 5.07. The van der Waals surface area contributed by atoms with Crippen LogP contribution in [0.3, 0.4) is 0 Å². The van der Waals surface area contributed by atoms with E-state index >= 15 is 0 Å². The van der Waals surface area contributed by atoms with Crippen molar-refractivity contribution in [1.29, 1.82) is 0 Å². The van der Waals surface area contributed by atoms with E-state index < -0.39 is 0 Å². The number of aryl methyl sites for hydroxylation is 2. The number of unbranched alkanes of at least 4 members (excludes halogenated alkanes) is 13. The minimum Gasteiger partial charge on any atom is -0.205 e. The summed E-state index contributed by atoms with van der Waals surface area (Å²) in [7, 11) is 0. The second-order valence-corrected chi connectivity index (χ2v) is 7.79. The van der Waals surface area contributed by atoms with Gasteiger partial charge in [0.05, 0.1) is 0 Å². The van der Waals surface area contributed by atoms with Crippen molar-refractivity contribution in [2.45, 2.75) is 123 Å². The van der Waals surface area contributed by atoms with Crippen molar-refractivity contribution in [1.82, 2.24) is 0 Å². The summed E-state index contributed by atoms with van der Waals surface area (Å²) in [5.41, 5.74) is 1.51. The van der Waals surface area contributed by atoms with E-state index in [1.807, 2.05) is 0 Å². The molecule has 0 aromatic carbocycles. The Morgan fingerprint density at radius 2 is 1.00 bits per heavy atom. The number of hydrogen-bond donors (Lipinski definition) is 0. The van der Waals surface area contributed by atoms with Crippen LogP contribution in [0.5, 0.6) is 0 Å². The molecule has 0 radical (unpaired) electrons. The predicted molar refractivity (Wildman–Crippen MR) is 111 cm³/mol. The normalized spacial score (nSPS) is 11.1. The lowest BCUT2D eigenvalue weighted by Crippen LogP contribution is -2.32. The summed E-state index contributed by atoms with van der Waals surface area (Å²) in [5.74, 6) is 0. The maximum atomic E-state index is 2.33. The quantitative estimate of drug-likeness (QED) is 0.204. The second kappa shape index (κ2) is 16.6. The van der Waals surface area contributed by atoms with Gasteiger partial charge in [-0.15, -0.1) is 0 Å². The summed E-state index contributed by atoms with van der Waals surface area (Å²) < 4.78 is 2.33. The van der Waals surface area contributed by atoms with E-state index in [-0.39, 0.29) is 0 Å². The first-order valence-corrected chi connectivity index (χ1v) is 11.3. The molecular weight excluding hydrogens is 302 g/mol. The number of nitrogens with zero attached hydrogens (tertiary/aromatic N) is 1. The minimum atomic E-state index is 1.17. The molecule has 0 amide bonds. The molecule has 1 nitrogen and oxygen atoms in total. The van der Waals surface area contributed by atoms with Gasteiger partial charge >= 0.3 is 0 Å². The first-order valence-electron chi connectivity index (χ1n) is 11.3. The van der Waals surface area contributed by atoms with Crippen molar-refractivity contribution in [3.8, 4) is 0 Å². The Hall–Kier alpha value is -0.850. The zero-order valence-electron chi connectivity index (χ0n) is 17.3. The third-order valence-corrected chi connectivity index (χ3v) is 5.30. The molecule has 1 heterocycles. The van der Waals surface area contributed by atoms with Crippen molar-refractivity contribution in [2.75, 3.05) is 0 Å². The molecule has 0 aliphatic rings. The summed E-state index contributed by atoms with van der Waals surface area (Å²) in [6, 6.07) is 4.65. The summed E-state index contributed by atoms with van der Waals surface area (Å²) >= 11 is 0. The first kappa shape index (κ1) is 22.2. The average Bonchev–Trinajstić information content (AvgIpc) is 2.64. The van der Waals surface area contributed by atoms with E-state index in [0.717, 1.165) is 0 Å². The van der Waals surface area contributed by atoms with E-state index in [9.17, 15) is 0 Å². The average molecular weight is 347 g/mol. The fourth-order valence-electron chi connectivity index (χ4n) is 3.52. The maximum Gasteiger partial charge on any atom is 0.169 e. The van der Waals surface area contributed by atoms with Crippen LogP contribution in [0, 0.1) is 0 Å². The van der Waals surface area contributed by atoms with Crippen molar-refractivity contribution >= 4 is 0 Å². The fraction of sp³-hybridized carbons (Fsp3) is 0.792. The highest BCUT2D eigenvalue weighted by Crippen LogP contribution is 2.13. The Morgan fingerprint density at radius 3 is 1.52 bits per heavy atom. The smallest absolute Gasteiger partial charge is 0.169 e. The van der Waals surface area contributed by atoms with Crippen LogP contribution < -0.4 is 4.57 Å². The lowest BCUT2D eigenvalue weighted by Gasteiger charge is -2.03. The van der Waals surface area contributed by atoms with Crippen molar-refractivity contribution in [2.24, 2.45) is 0 Å². The van der Waals surface area contributed by atoms with Crippen LogP contribution in [0.25, 0.3) is 0 Å². The van der Waals surface area contributed by atoms with Gasteiger partial charge in [-0.05, 0) is 24.8 Å². The van der Waals surface area contributed by atoms with Crippen LogP contribution in [0.1, 0.15) is 116 Å². The van der Waals surface area contributed by atoms with Gasteiger partial charge in [0.15, 0.2) is 12.4 Å². The van der Waals surface area contributed by atoms with Crippen LogP contribution in [-0.2, 0) is 13.0 Å². The maximum absolute atomic E-state index is 2.33. The Kier molecular flexibility index (Phi) is 14.7. The van der Waals surface area contributed by atoms with E-state index in [1.165, 1.54) is 115 Å². The molecule has 0 N–H and O–H groups in total. The Morgan fingerprint density at radius 1 is 0.560 bits per heavy atom. The zero-order chi connectivity index (χ0) is 18.0. The van der Waals surface area contributed by atoms with E-state index in [4.69, 9.17) is 0 Å². The fourth-order valence-corrected chi connectivity index (χ4v) is 3.52. The molecule has 0 saturated heterocycles. The summed E-state index contributed by atoms with van der Waals surface area (Å²) in [4.78, 5) is 0. The molecule has 0 saturated carbocycles. The first-order chi connectivity index (χ1) is 12.4. The van der Waals surface area contributed by atoms with Gasteiger partial charge in [-0.2, -0.15) is 0 Å². The van der Waals surface area contributed by atoms with Gasteiger partial charge < -0.3 is 0 Å².